The van der Waals surface area contributed by atoms with E-state index in [0.717, 1.165) is 11.4 Å². The molecule has 0 bridgehead atoms. The monoisotopic (exact) mass is 262 g/mol. The zero-order chi connectivity index (χ0) is 13.0. The summed E-state index contributed by atoms with van der Waals surface area (Å²) in [7, 11) is 1.60. The van der Waals surface area contributed by atoms with E-state index in [4.69, 9.17) is 16.3 Å². The zero-order valence-electron chi connectivity index (χ0n) is 10.4. The highest BCUT2D eigenvalue weighted by Gasteiger charge is 2.03. The minimum Gasteiger partial charge on any atom is -0.495 e. The summed E-state index contributed by atoms with van der Waals surface area (Å²) in [6.45, 7) is 2.72. The van der Waals surface area contributed by atoms with Gasteiger partial charge in [0.25, 0.3) is 0 Å². The molecule has 1 heterocycles. The number of hydrogen-bond acceptors (Lipinski definition) is 3. The first-order valence-electron chi connectivity index (χ1n) is 5.68. The maximum absolute atomic E-state index is 6.06. The number of aryl methyl sites for hydroxylation is 1. The van der Waals surface area contributed by atoms with Crippen LogP contribution in [0.3, 0.4) is 0 Å². The molecule has 0 atom stereocenters. The third-order valence-corrected chi connectivity index (χ3v) is 3.02. The largest absolute Gasteiger partial charge is 0.495 e. The second kappa shape index (κ2) is 5.74. The lowest BCUT2D eigenvalue weighted by Gasteiger charge is -2.09. The predicted octanol–water partition coefficient (Wildman–Crippen LogP) is 3.66. The Morgan fingerprint density at radius 2 is 2.17 bits per heavy atom. The quantitative estimate of drug-likeness (QED) is 0.913. The van der Waals surface area contributed by atoms with Crippen molar-refractivity contribution in [3.63, 3.8) is 0 Å². The summed E-state index contributed by atoms with van der Waals surface area (Å²) in [5.74, 6) is 0.677. The number of halogens is 1. The van der Waals surface area contributed by atoms with Crippen LogP contribution >= 0.6 is 11.6 Å². The molecule has 0 spiro atoms. The van der Waals surface area contributed by atoms with Gasteiger partial charge < -0.3 is 10.1 Å². The van der Waals surface area contributed by atoms with Crippen molar-refractivity contribution >= 4 is 17.3 Å². The Bertz CT molecular complexity index is 543. The van der Waals surface area contributed by atoms with Gasteiger partial charge in [-0.3, -0.25) is 4.98 Å². The fourth-order valence-electron chi connectivity index (χ4n) is 1.67. The number of aromatic nitrogens is 1. The number of ether oxygens (including phenoxy) is 1. The molecule has 2 aromatic rings. The normalized spacial score (nSPS) is 10.2. The second-order valence-corrected chi connectivity index (χ2v) is 4.38. The molecule has 0 saturated heterocycles. The summed E-state index contributed by atoms with van der Waals surface area (Å²) in [6.07, 6.45) is 1.80. The standard InChI is InChI=1S/C14H15ClN2O/c1-10-4-3-7-16-13(10)9-17-11-5-6-14(18-2)12(15)8-11/h3-8,17H,9H2,1-2H3. The van der Waals surface area contributed by atoms with Gasteiger partial charge in [0.2, 0.25) is 0 Å². The summed E-state index contributed by atoms with van der Waals surface area (Å²) in [5, 5.41) is 3.89. The Labute approximate surface area is 112 Å². The minimum absolute atomic E-state index is 0.597. The van der Waals surface area contributed by atoms with Crippen molar-refractivity contribution in [2.75, 3.05) is 12.4 Å². The first-order chi connectivity index (χ1) is 8.70. The average molecular weight is 263 g/mol. The summed E-state index contributed by atoms with van der Waals surface area (Å²) >= 11 is 6.06. The molecule has 0 amide bonds. The summed E-state index contributed by atoms with van der Waals surface area (Å²) in [4.78, 5) is 4.33. The van der Waals surface area contributed by atoms with Crippen molar-refractivity contribution in [3.8, 4) is 5.75 Å². The molecule has 4 heteroatoms. The van der Waals surface area contributed by atoms with Crippen LogP contribution in [0, 0.1) is 6.92 Å². The van der Waals surface area contributed by atoms with Crippen LogP contribution in [0.15, 0.2) is 36.5 Å². The van der Waals surface area contributed by atoms with Crippen molar-refractivity contribution in [2.24, 2.45) is 0 Å². The molecule has 0 radical (unpaired) electrons. The van der Waals surface area contributed by atoms with Gasteiger partial charge in [-0.05, 0) is 36.8 Å². The fraction of sp³-hybridized carbons (Fsp3) is 0.214. The molecule has 0 saturated carbocycles. The first kappa shape index (κ1) is 12.7. The van der Waals surface area contributed by atoms with E-state index in [1.54, 1.807) is 13.3 Å². The molecular formula is C14H15ClN2O. The Balaban J connectivity index is 2.07. The van der Waals surface area contributed by atoms with Gasteiger partial charge in [-0.25, -0.2) is 0 Å². The number of nitrogens with one attached hydrogen (secondary N) is 1. The van der Waals surface area contributed by atoms with Crippen LogP contribution in [0.25, 0.3) is 0 Å². The average Bonchev–Trinajstić information content (AvgIpc) is 2.38. The number of rotatable bonds is 4. The molecule has 1 aromatic carbocycles. The molecule has 0 fully saturated rings. The van der Waals surface area contributed by atoms with Crippen LogP contribution in [0.1, 0.15) is 11.3 Å². The highest BCUT2D eigenvalue weighted by molar-refractivity contribution is 6.32. The van der Waals surface area contributed by atoms with E-state index in [-0.39, 0.29) is 0 Å². The van der Waals surface area contributed by atoms with Crippen LogP contribution in [-0.4, -0.2) is 12.1 Å². The zero-order valence-corrected chi connectivity index (χ0v) is 11.2. The van der Waals surface area contributed by atoms with Crippen molar-refractivity contribution in [2.45, 2.75) is 13.5 Å². The van der Waals surface area contributed by atoms with Gasteiger partial charge in [-0.1, -0.05) is 17.7 Å². The first-order valence-corrected chi connectivity index (χ1v) is 6.06. The van der Waals surface area contributed by atoms with Gasteiger partial charge in [0, 0.05) is 11.9 Å². The molecule has 3 nitrogen and oxygen atoms in total. The van der Waals surface area contributed by atoms with E-state index < -0.39 is 0 Å². The number of pyridine rings is 1. The van der Waals surface area contributed by atoms with E-state index in [2.05, 4.69) is 10.3 Å². The smallest absolute Gasteiger partial charge is 0.137 e. The SMILES string of the molecule is COc1ccc(NCc2ncccc2C)cc1Cl. The van der Waals surface area contributed by atoms with Crippen LogP contribution in [-0.2, 0) is 6.54 Å². The van der Waals surface area contributed by atoms with Gasteiger partial charge in [0.15, 0.2) is 0 Å². The van der Waals surface area contributed by atoms with Gasteiger partial charge in [0.05, 0.1) is 24.4 Å². The molecular weight excluding hydrogens is 248 g/mol. The maximum Gasteiger partial charge on any atom is 0.137 e. The highest BCUT2D eigenvalue weighted by atomic mass is 35.5. The van der Waals surface area contributed by atoms with E-state index in [1.165, 1.54) is 5.56 Å². The number of anilines is 1. The van der Waals surface area contributed by atoms with E-state index >= 15 is 0 Å². The van der Waals surface area contributed by atoms with Crippen molar-refractivity contribution in [3.05, 3.63) is 52.8 Å². The summed E-state index contributed by atoms with van der Waals surface area (Å²) in [5.41, 5.74) is 3.15. The lowest BCUT2D eigenvalue weighted by molar-refractivity contribution is 0.415. The lowest BCUT2D eigenvalue weighted by Crippen LogP contribution is -2.03. The molecule has 0 aliphatic carbocycles. The van der Waals surface area contributed by atoms with Gasteiger partial charge >= 0.3 is 0 Å². The van der Waals surface area contributed by atoms with Crippen molar-refractivity contribution in [1.82, 2.24) is 4.98 Å². The number of benzene rings is 1. The van der Waals surface area contributed by atoms with Gasteiger partial charge in [-0.15, -0.1) is 0 Å². The predicted molar refractivity (Wildman–Crippen MR) is 74.3 cm³/mol. The van der Waals surface area contributed by atoms with Gasteiger partial charge in [0.1, 0.15) is 5.75 Å². The van der Waals surface area contributed by atoms with E-state index in [1.807, 2.05) is 37.3 Å². The lowest BCUT2D eigenvalue weighted by atomic mass is 10.2. The minimum atomic E-state index is 0.597. The summed E-state index contributed by atoms with van der Waals surface area (Å²) in [6, 6.07) is 9.60. The van der Waals surface area contributed by atoms with E-state index in [9.17, 15) is 0 Å². The topological polar surface area (TPSA) is 34.1 Å². The van der Waals surface area contributed by atoms with Crippen molar-refractivity contribution in [1.29, 1.82) is 0 Å². The molecule has 94 valence electrons. The molecule has 0 unspecified atom stereocenters. The number of nitrogens with zero attached hydrogens (tertiary/aromatic N) is 1. The van der Waals surface area contributed by atoms with Gasteiger partial charge in [-0.2, -0.15) is 0 Å². The van der Waals surface area contributed by atoms with Crippen LogP contribution < -0.4 is 10.1 Å². The van der Waals surface area contributed by atoms with Crippen LogP contribution in [0.4, 0.5) is 5.69 Å². The molecule has 1 aromatic heterocycles. The molecule has 0 aliphatic rings. The van der Waals surface area contributed by atoms with E-state index in [0.29, 0.717) is 17.3 Å². The third-order valence-electron chi connectivity index (χ3n) is 2.73. The molecule has 1 N–H and O–H groups in total. The molecule has 2 rings (SSSR count). The Morgan fingerprint density at radius 1 is 1.33 bits per heavy atom. The number of methoxy groups -OCH3 is 1. The van der Waals surface area contributed by atoms with Crippen LogP contribution in [0.2, 0.25) is 5.02 Å². The maximum atomic E-state index is 6.06. The molecule has 18 heavy (non-hydrogen) atoms. The Kier molecular flexibility index (Phi) is 4.05. The fourth-order valence-corrected chi connectivity index (χ4v) is 1.92. The number of hydrogen-bond donors (Lipinski definition) is 1. The highest BCUT2D eigenvalue weighted by Crippen LogP contribution is 2.27. The third kappa shape index (κ3) is 2.93. The van der Waals surface area contributed by atoms with Crippen molar-refractivity contribution < 1.29 is 4.74 Å². The second-order valence-electron chi connectivity index (χ2n) is 3.97. The van der Waals surface area contributed by atoms with Crippen LogP contribution in [0.5, 0.6) is 5.75 Å². The Morgan fingerprint density at radius 3 is 2.83 bits per heavy atom. The summed E-state index contributed by atoms with van der Waals surface area (Å²) < 4.78 is 5.11. The Hall–Kier alpha value is -1.74. The molecule has 0 aliphatic heterocycles.